The number of hydrogen-bond acceptors (Lipinski definition) is 11. The summed E-state index contributed by atoms with van der Waals surface area (Å²) in [6.45, 7) is 6.12. The first-order valence-electron chi connectivity index (χ1n) is 18.0. The van der Waals surface area contributed by atoms with E-state index in [1.807, 2.05) is 19.2 Å². The Kier molecular flexibility index (Phi) is 20.7. The first kappa shape index (κ1) is 47.5. The van der Waals surface area contributed by atoms with E-state index in [0.29, 0.717) is 19.4 Å². The Bertz CT molecular complexity index is 1420. The lowest BCUT2D eigenvalue weighted by Gasteiger charge is -2.27. The molecule has 22 heteroatoms. The highest BCUT2D eigenvalue weighted by Gasteiger charge is 2.36. The van der Waals surface area contributed by atoms with Gasteiger partial charge in [-0.2, -0.15) is 0 Å². The van der Waals surface area contributed by atoms with Crippen molar-refractivity contribution in [1.29, 1.82) is 0 Å². The van der Waals surface area contributed by atoms with Gasteiger partial charge < -0.3 is 64.2 Å². The number of carbonyl (C=O) groups excluding carboxylic acids is 7. The van der Waals surface area contributed by atoms with Crippen LogP contribution in [0.15, 0.2) is 4.99 Å². The van der Waals surface area contributed by atoms with Crippen LogP contribution in [0.1, 0.15) is 72.6 Å². The van der Waals surface area contributed by atoms with Gasteiger partial charge in [0.2, 0.25) is 41.4 Å². The minimum absolute atomic E-state index is 0.0346. The molecule has 0 bridgehead atoms. The molecule has 0 aromatic rings. The number of aliphatic imine (C=N–C) groups is 1. The fourth-order valence-corrected chi connectivity index (χ4v) is 5.62. The Hall–Kier alpha value is -5.54. The van der Waals surface area contributed by atoms with Crippen LogP contribution in [0.3, 0.4) is 0 Å². The number of rotatable bonds is 24. The maximum Gasteiger partial charge on any atom is 0.326 e. The number of carbonyl (C=O) groups is 9. The Morgan fingerprint density at radius 3 is 1.76 bits per heavy atom. The van der Waals surface area contributed by atoms with Crippen LogP contribution in [0.2, 0.25) is 0 Å². The normalized spacial score (nSPS) is 15.8. The van der Waals surface area contributed by atoms with Crippen molar-refractivity contribution in [3.05, 3.63) is 0 Å². The number of carboxylic acids is 2. The minimum atomic E-state index is -1.75. The molecule has 22 nitrogen and oxygen atoms in total. The molecule has 1 heterocycles. The molecule has 0 aromatic heterocycles. The first-order valence-corrected chi connectivity index (χ1v) is 18.0. The standard InChI is InChI=1S/C33H57N11O11/c1-17(2)11-20(43-31(53)23-8-6-10-44(23)26(47)14-34)29(51)39-15-24(45)40-21(12-18(3)4)30(52)42-19(7-5-9-37-33(35)36)28(50)38-16-25(46)41-22(32(54)55)13-27(48)49/h17-23H,5-16,34H2,1-4H3,(H,38,50)(H,39,51)(H,40,45)(H,41,46)(H,42,52)(H,43,53)(H,48,49)(H,54,55)(H4,35,36,37)/t19-,20-,21-,22-,23-/m0/s1. The number of carboxylic acid groups (broad SMARTS) is 2. The summed E-state index contributed by atoms with van der Waals surface area (Å²) < 4.78 is 0. The van der Waals surface area contributed by atoms with E-state index in [9.17, 15) is 43.2 Å². The van der Waals surface area contributed by atoms with Gasteiger partial charge in [0.05, 0.1) is 26.1 Å². The maximum absolute atomic E-state index is 13.5. The Morgan fingerprint density at radius 2 is 1.27 bits per heavy atom. The maximum atomic E-state index is 13.5. The van der Waals surface area contributed by atoms with E-state index in [0.717, 1.165) is 0 Å². The Morgan fingerprint density at radius 1 is 0.745 bits per heavy atom. The number of nitrogens with one attached hydrogen (secondary N) is 6. The predicted octanol–water partition coefficient (Wildman–Crippen LogP) is -4.19. The van der Waals surface area contributed by atoms with Crippen LogP contribution in [0.5, 0.6) is 0 Å². The summed E-state index contributed by atoms with van der Waals surface area (Å²) in [5.74, 6) is -8.39. The molecule has 5 atom stereocenters. The van der Waals surface area contributed by atoms with Gasteiger partial charge in [0.1, 0.15) is 30.2 Å². The molecule has 0 aromatic carbocycles. The SMILES string of the molecule is CC(C)C[C@H](NC(=O)CNC(=O)[C@H](CC(C)C)NC(=O)[C@@H]1CCCN1C(=O)CN)C(=O)N[C@@H](CCCN=C(N)N)C(=O)NCC(=O)N[C@@H](CC(=O)O)C(=O)O. The van der Waals surface area contributed by atoms with Crippen LogP contribution in [0.4, 0.5) is 0 Å². The summed E-state index contributed by atoms with van der Waals surface area (Å²) in [5, 5.41) is 32.6. The Balaban J connectivity index is 3.00. The van der Waals surface area contributed by atoms with E-state index >= 15 is 0 Å². The molecule has 310 valence electrons. The zero-order valence-corrected chi connectivity index (χ0v) is 31.7. The van der Waals surface area contributed by atoms with E-state index in [1.165, 1.54) is 4.90 Å². The van der Waals surface area contributed by atoms with Gasteiger partial charge in [0.25, 0.3) is 0 Å². The van der Waals surface area contributed by atoms with Gasteiger partial charge in [0.15, 0.2) is 5.96 Å². The molecule has 0 radical (unpaired) electrons. The molecular formula is C33H57N11O11. The highest BCUT2D eigenvalue weighted by atomic mass is 16.4. The van der Waals surface area contributed by atoms with E-state index in [4.69, 9.17) is 27.4 Å². The topological polar surface area (TPSA) is 360 Å². The summed E-state index contributed by atoms with van der Waals surface area (Å²) in [4.78, 5) is 118. The summed E-state index contributed by atoms with van der Waals surface area (Å²) in [7, 11) is 0. The molecule has 1 rings (SSSR count). The summed E-state index contributed by atoms with van der Waals surface area (Å²) >= 11 is 0. The second-order valence-electron chi connectivity index (χ2n) is 13.9. The fourth-order valence-electron chi connectivity index (χ4n) is 5.62. The van der Waals surface area contributed by atoms with Crippen LogP contribution in [0, 0.1) is 11.8 Å². The van der Waals surface area contributed by atoms with Crippen LogP contribution in [-0.4, -0.2) is 137 Å². The largest absolute Gasteiger partial charge is 0.481 e. The van der Waals surface area contributed by atoms with Crippen molar-refractivity contribution in [2.45, 2.75) is 103 Å². The van der Waals surface area contributed by atoms with Gasteiger partial charge in [0, 0.05) is 13.1 Å². The number of nitrogens with two attached hydrogens (primary N) is 3. The summed E-state index contributed by atoms with van der Waals surface area (Å²) in [6.07, 6.45) is 0.595. The number of likely N-dealkylation sites (tertiary alicyclic amines) is 1. The van der Waals surface area contributed by atoms with Crippen molar-refractivity contribution in [3.63, 3.8) is 0 Å². The number of nitrogens with zero attached hydrogens (tertiary/aromatic N) is 2. The van der Waals surface area contributed by atoms with E-state index in [1.54, 1.807) is 13.8 Å². The summed E-state index contributed by atoms with van der Waals surface area (Å²) in [5.41, 5.74) is 16.2. The van der Waals surface area contributed by atoms with Crippen molar-refractivity contribution in [3.8, 4) is 0 Å². The number of hydrogen-bond donors (Lipinski definition) is 11. The molecule has 0 saturated carbocycles. The van der Waals surface area contributed by atoms with Crippen molar-refractivity contribution in [1.82, 2.24) is 36.8 Å². The summed E-state index contributed by atoms with van der Waals surface area (Å²) in [6, 6.07) is -6.03. The smallest absolute Gasteiger partial charge is 0.326 e. The van der Waals surface area contributed by atoms with Crippen molar-refractivity contribution in [2.75, 3.05) is 32.7 Å². The molecular weight excluding hydrogens is 726 g/mol. The minimum Gasteiger partial charge on any atom is -0.481 e. The average Bonchev–Trinajstić information content (AvgIpc) is 3.59. The quantitative estimate of drug-likeness (QED) is 0.0251. The molecule has 55 heavy (non-hydrogen) atoms. The monoisotopic (exact) mass is 783 g/mol. The number of aliphatic carboxylic acids is 2. The second-order valence-corrected chi connectivity index (χ2v) is 13.9. The van der Waals surface area contributed by atoms with E-state index in [2.05, 4.69) is 31.6 Å². The third-order valence-electron chi connectivity index (χ3n) is 8.19. The highest BCUT2D eigenvalue weighted by molar-refractivity contribution is 5.96. The van der Waals surface area contributed by atoms with Gasteiger partial charge in [-0.1, -0.05) is 27.7 Å². The Labute approximate surface area is 318 Å². The average molecular weight is 784 g/mol. The predicted molar refractivity (Wildman–Crippen MR) is 196 cm³/mol. The third-order valence-corrected chi connectivity index (χ3v) is 8.19. The molecule has 0 aliphatic carbocycles. The number of amides is 7. The van der Waals surface area contributed by atoms with Gasteiger partial charge in [-0.25, -0.2) is 4.79 Å². The van der Waals surface area contributed by atoms with E-state index < -0.39 is 97.1 Å². The van der Waals surface area contributed by atoms with Crippen LogP contribution in [-0.2, 0) is 43.2 Å². The molecule has 1 saturated heterocycles. The van der Waals surface area contributed by atoms with Crippen LogP contribution >= 0.6 is 0 Å². The van der Waals surface area contributed by atoms with Crippen LogP contribution < -0.4 is 49.1 Å². The van der Waals surface area contributed by atoms with Gasteiger partial charge in [-0.3, -0.25) is 43.3 Å². The molecule has 0 unspecified atom stereocenters. The molecule has 7 amide bonds. The molecule has 1 aliphatic heterocycles. The highest BCUT2D eigenvalue weighted by Crippen LogP contribution is 2.18. The van der Waals surface area contributed by atoms with Gasteiger partial charge in [-0.15, -0.1) is 0 Å². The zero-order chi connectivity index (χ0) is 41.8. The van der Waals surface area contributed by atoms with Crippen molar-refractivity contribution in [2.24, 2.45) is 34.0 Å². The lowest BCUT2D eigenvalue weighted by atomic mass is 10.0. The third kappa shape index (κ3) is 18.4. The second kappa shape index (κ2) is 24.0. The van der Waals surface area contributed by atoms with Gasteiger partial charge in [-0.05, 0) is 50.4 Å². The molecule has 14 N–H and O–H groups in total. The van der Waals surface area contributed by atoms with Crippen LogP contribution in [0.25, 0.3) is 0 Å². The molecule has 1 fully saturated rings. The molecule has 1 aliphatic rings. The van der Waals surface area contributed by atoms with Crippen molar-refractivity contribution < 1.29 is 53.4 Å². The van der Waals surface area contributed by atoms with Crippen molar-refractivity contribution >= 4 is 59.2 Å². The lowest BCUT2D eigenvalue weighted by Crippen LogP contribution is -2.57. The lowest BCUT2D eigenvalue weighted by molar-refractivity contribution is -0.147. The molecule has 0 spiro atoms. The zero-order valence-electron chi connectivity index (χ0n) is 31.7. The van der Waals surface area contributed by atoms with E-state index in [-0.39, 0.29) is 62.5 Å². The van der Waals surface area contributed by atoms with Gasteiger partial charge >= 0.3 is 11.9 Å². The first-order chi connectivity index (χ1) is 25.7. The fraction of sp³-hybridized carbons (Fsp3) is 0.697. The number of guanidine groups is 1.